The lowest BCUT2D eigenvalue weighted by Crippen LogP contribution is -2.53. The molecule has 0 bridgehead atoms. The lowest BCUT2D eigenvalue weighted by molar-refractivity contribution is -0.130. The Labute approximate surface area is 141 Å². The van der Waals surface area contributed by atoms with Crippen molar-refractivity contribution in [2.75, 3.05) is 13.1 Å². The van der Waals surface area contributed by atoms with Crippen LogP contribution in [0.5, 0.6) is 0 Å². The monoisotopic (exact) mass is 338 g/mol. The second kappa shape index (κ2) is 10.5. The predicted molar refractivity (Wildman–Crippen MR) is 88.8 cm³/mol. The molecule has 1 aromatic heterocycles. The van der Waals surface area contributed by atoms with E-state index in [9.17, 15) is 14.4 Å². The smallest absolute Gasteiger partial charge is 0.243 e. The fraction of sp³-hybridized carbons (Fsp3) is 0.600. The Hall–Kier alpha value is -2.26. The van der Waals surface area contributed by atoms with E-state index >= 15 is 0 Å². The summed E-state index contributed by atoms with van der Waals surface area (Å²) in [4.78, 5) is 42.5. The van der Waals surface area contributed by atoms with Crippen molar-refractivity contribution < 1.29 is 14.4 Å². The second-order valence-corrected chi connectivity index (χ2v) is 5.56. The van der Waals surface area contributed by atoms with Gasteiger partial charge >= 0.3 is 0 Å². The number of nitrogens with zero attached hydrogens (tertiary/aromatic N) is 1. The zero-order chi connectivity index (χ0) is 17.9. The van der Waals surface area contributed by atoms with E-state index in [-0.39, 0.29) is 18.7 Å². The molecule has 134 valence electrons. The Bertz CT molecular complexity index is 531. The maximum absolute atomic E-state index is 12.5. The van der Waals surface area contributed by atoms with Gasteiger partial charge in [-0.25, -0.2) is 4.98 Å². The van der Waals surface area contributed by atoms with Gasteiger partial charge in [0, 0.05) is 18.3 Å². The van der Waals surface area contributed by atoms with E-state index in [0.717, 1.165) is 12.8 Å². The number of carbonyl (C=O) groups excluding carboxylic acids is 3. The van der Waals surface area contributed by atoms with E-state index in [0.29, 0.717) is 18.7 Å². The number of ketones is 1. The molecular weight excluding hydrogens is 312 g/mol. The van der Waals surface area contributed by atoms with Crippen LogP contribution in [0.3, 0.4) is 0 Å². The quantitative estimate of drug-likeness (QED) is 0.312. The van der Waals surface area contributed by atoms with Crippen LogP contribution in [0.15, 0.2) is 12.5 Å². The van der Waals surface area contributed by atoms with E-state index < -0.39 is 23.9 Å². The summed E-state index contributed by atoms with van der Waals surface area (Å²) in [6, 6.07) is -1.43. The van der Waals surface area contributed by atoms with Gasteiger partial charge in [0.2, 0.25) is 11.8 Å². The van der Waals surface area contributed by atoms with E-state index in [2.05, 4.69) is 20.6 Å². The minimum atomic E-state index is -0.835. The number of rotatable bonds is 11. The van der Waals surface area contributed by atoms with Crippen molar-refractivity contribution >= 4 is 17.6 Å². The molecule has 1 rings (SSSR count). The Morgan fingerprint density at radius 1 is 1.21 bits per heavy atom. The van der Waals surface area contributed by atoms with Crippen LogP contribution in [0, 0.1) is 0 Å². The molecule has 0 aliphatic carbocycles. The number of unbranched alkanes of at least 4 members (excludes halogenated alkanes) is 1. The first kappa shape index (κ1) is 19.8. The maximum atomic E-state index is 12.5. The minimum Gasteiger partial charge on any atom is -0.348 e. The van der Waals surface area contributed by atoms with Crippen molar-refractivity contribution in [3.8, 4) is 0 Å². The molecule has 24 heavy (non-hydrogen) atoms. The van der Waals surface area contributed by atoms with Gasteiger partial charge in [-0.2, -0.15) is 0 Å². The van der Waals surface area contributed by atoms with Gasteiger partial charge < -0.3 is 27.1 Å². The maximum Gasteiger partial charge on any atom is 0.243 e. The largest absolute Gasteiger partial charge is 0.348 e. The minimum absolute atomic E-state index is 0.134. The predicted octanol–water partition coefficient (Wildman–Crippen LogP) is -1.40. The van der Waals surface area contributed by atoms with E-state index in [1.165, 1.54) is 13.3 Å². The molecule has 7 N–H and O–H groups in total. The summed E-state index contributed by atoms with van der Waals surface area (Å²) >= 11 is 0. The topological polar surface area (TPSA) is 156 Å². The average Bonchev–Trinajstić information content (AvgIpc) is 3.06. The number of aromatic nitrogens is 2. The number of Topliss-reactive ketones (excluding diaryl/α,β-unsaturated/α-hetero) is 1. The van der Waals surface area contributed by atoms with E-state index in [1.54, 1.807) is 6.20 Å². The van der Waals surface area contributed by atoms with Crippen molar-refractivity contribution in [2.24, 2.45) is 11.5 Å². The first-order chi connectivity index (χ1) is 11.5. The standard InChI is InChI=1S/C15H26N6O3/c1-10(22)12(4-2-3-5-16)21-15(24)13(20-14(23)7-17)6-11-8-18-9-19-11/h8-9,12-13H,2-7,16-17H2,1H3,(H,18,19)(H,20,23)(H,21,24)/t12-,13-/m0/s1. The fourth-order valence-electron chi connectivity index (χ4n) is 2.22. The number of carbonyl (C=O) groups is 3. The Morgan fingerprint density at radius 2 is 1.96 bits per heavy atom. The molecule has 0 aliphatic heterocycles. The van der Waals surface area contributed by atoms with Gasteiger partial charge in [-0.1, -0.05) is 0 Å². The third-order valence-electron chi connectivity index (χ3n) is 3.57. The highest BCUT2D eigenvalue weighted by Crippen LogP contribution is 2.04. The number of imidazole rings is 1. The van der Waals surface area contributed by atoms with Gasteiger partial charge in [-0.15, -0.1) is 0 Å². The molecule has 0 saturated carbocycles. The highest BCUT2D eigenvalue weighted by Gasteiger charge is 2.25. The normalized spacial score (nSPS) is 13.1. The van der Waals surface area contributed by atoms with Crippen LogP contribution in [0.25, 0.3) is 0 Å². The Balaban J connectivity index is 2.73. The molecule has 9 heteroatoms. The molecular formula is C15H26N6O3. The third kappa shape index (κ3) is 6.88. The first-order valence-electron chi connectivity index (χ1n) is 7.95. The molecule has 2 atom stereocenters. The molecule has 9 nitrogen and oxygen atoms in total. The van der Waals surface area contributed by atoms with Crippen LogP contribution in [0.4, 0.5) is 0 Å². The van der Waals surface area contributed by atoms with Crippen molar-refractivity contribution in [1.82, 2.24) is 20.6 Å². The Kier molecular flexibility index (Phi) is 8.66. The van der Waals surface area contributed by atoms with Gasteiger partial charge in [0.15, 0.2) is 5.78 Å². The Morgan fingerprint density at radius 3 is 2.50 bits per heavy atom. The van der Waals surface area contributed by atoms with Crippen LogP contribution in [0.1, 0.15) is 31.9 Å². The molecule has 0 aliphatic rings. The molecule has 0 spiro atoms. The lowest BCUT2D eigenvalue weighted by Gasteiger charge is -2.21. The van der Waals surface area contributed by atoms with Gasteiger partial charge in [-0.3, -0.25) is 14.4 Å². The molecule has 2 amide bonds. The highest BCUT2D eigenvalue weighted by atomic mass is 16.2. The zero-order valence-corrected chi connectivity index (χ0v) is 13.9. The molecule has 0 unspecified atom stereocenters. The number of H-pyrrole nitrogens is 1. The number of aromatic amines is 1. The van der Waals surface area contributed by atoms with E-state index in [1.807, 2.05) is 0 Å². The molecule has 0 fully saturated rings. The number of hydrogen-bond donors (Lipinski definition) is 5. The van der Waals surface area contributed by atoms with Gasteiger partial charge in [0.05, 0.1) is 18.9 Å². The van der Waals surface area contributed by atoms with Crippen LogP contribution >= 0.6 is 0 Å². The van der Waals surface area contributed by atoms with Crippen LogP contribution in [0.2, 0.25) is 0 Å². The van der Waals surface area contributed by atoms with Crippen molar-refractivity contribution in [1.29, 1.82) is 0 Å². The molecule has 0 radical (unpaired) electrons. The van der Waals surface area contributed by atoms with Gasteiger partial charge in [0.1, 0.15) is 6.04 Å². The van der Waals surface area contributed by atoms with Crippen molar-refractivity contribution in [3.63, 3.8) is 0 Å². The summed E-state index contributed by atoms with van der Waals surface area (Å²) in [6.07, 6.45) is 5.31. The van der Waals surface area contributed by atoms with Crippen LogP contribution < -0.4 is 22.1 Å². The zero-order valence-electron chi connectivity index (χ0n) is 13.9. The summed E-state index contributed by atoms with van der Waals surface area (Å²) in [5.74, 6) is -1.01. The number of nitrogens with two attached hydrogens (primary N) is 2. The summed E-state index contributed by atoms with van der Waals surface area (Å²) in [6.45, 7) is 1.74. The van der Waals surface area contributed by atoms with Gasteiger partial charge in [-0.05, 0) is 32.7 Å². The second-order valence-electron chi connectivity index (χ2n) is 5.56. The lowest BCUT2D eigenvalue weighted by atomic mass is 10.0. The highest BCUT2D eigenvalue weighted by molar-refractivity contribution is 5.92. The SMILES string of the molecule is CC(=O)[C@H](CCCCN)NC(=O)[C@H](Cc1cnc[nH]1)NC(=O)CN. The van der Waals surface area contributed by atoms with Crippen LogP contribution in [-0.4, -0.2) is 52.7 Å². The summed E-state index contributed by atoms with van der Waals surface area (Å²) in [7, 11) is 0. The summed E-state index contributed by atoms with van der Waals surface area (Å²) in [5.41, 5.74) is 11.4. The number of nitrogens with one attached hydrogen (secondary N) is 3. The van der Waals surface area contributed by atoms with E-state index in [4.69, 9.17) is 11.5 Å². The summed E-state index contributed by atoms with van der Waals surface area (Å²) < 4.78 is 0. The number of hydrogen-bond acceptors (Lipinski definition) is 6. The number of amides is 2. The molecule has 1 aromatic rings. The van der Waals surface area contributed by atoms with Crippen molar-refractivity contribution in [2.45, 2.75) is 44.7 Å². The fourth-order valence-corrected chi connectivity index (χ4v) is 2.22. The first-order valence-corrected chi connectivity index (χ1v) is 7.95. The van der Waals surface area contributed by atoms with Crippen molar-refractivity contribution in [3.05, 3.63) is 18.2 Å². The molecule has 0 aromatic carbocycles. The van der Waals surface area contributed by atoms with Crippen LogP contribution in [-0.2, 0) is 20.8 Å². The molecule has 1 heterocycles. The summed E-state index contributed by atoms with van der Waals surface area (Å²) in [5, 5.41) is 5.26. The third-order valence-corrected chi connectivity index (χ3v) is 3.57. The molecule has 0 saturated heterocycles. The van der Waals surface area contributed by atoms with Gasteiger partial charge in [0.25, 0.3) is 0 Å². The average molecular weight is 338 g/mol.